The van der Waals surface area contributed by atoms with E-state index in [2.05, 4.69) is 11.9 Å². The second-order valence-electron chi connectivity index (χ2n) is 4.62. The van der Waals surface area contributed by atoms with Crippen LogP contribution in [-0.4, -0.2) is 29.2 Å². The van der Waals surface area contributed by atoms with Gasteiger partial charge >= 0.3 is 0 Å². The third-order valence-electron chi connectivity index (χ3n) is 3.10. The van der Waals surface area contributed by atoms with Gasteiger partial charge in [0.05, 0.1) is 24.2 Å². The Morgan fingerprint density at radius 1 is 1.63 bits per heavy atom. The van der Waals surface area contributed by atoms with Crippen LogP contribution in [0.4, 0.5) is 5.69 Å². The van der Waals surface area contributed by atoms with E-state index in [-0.39, 0.29) is 11.8 Å². The highest BCUT2D eigenvalue weighted by Crippen LogP contribution is 2.22. The van der Waals surface area contributed by atoms with Gasteiger partial charge in [-0.05, 0) is 6.42 Å². The molecule has 2 heterocycles. The molecule has 0 amide bonds. The molecule has 1 aliphatic rings. The third-order valence-corrected chi connectivity index (χ3v) is 3.10. The summed E-state index contributed by atoms with van der Waals surface area (Å²) in [5.74, 6) is 0. The number of hydrogen-bond donors (Lipinski definition) is 0. The van der Waals surface area contributed by atoms with Crippen molar-refractivity contribution in [2.24, 2.45) is 0 Å². The summed E-state index contributed by atoms with van der Waals surface area (Å²) < 4.78 is 11.2. The molecule has 19 heavy (non-hydrogen) atoms. The number of fused-ring (bicyclic) bond motifs is 1. The van der Waals surface area contributed by atoms with Gasteiger partial charge in [-0.2, -0.15) is 0 Å². The van der Waals surface area contributed by atoms with Gasteiger partial charge in [0.2, 0.25) is 0 Å². The summed E-state index contributed by atoms with van der Waals surface area (Å²) in [5, 5.41) is 10.7. The predicted octanol–water partition coefficient (Wildman–Crippen LogP) is 2.25. The van der Waals surface area contributed by atoms with Crippen molar-refractivity contribution < 1.29 is 14.4 Å². The van der Waals surface area contributed by atoms with Crippen LogP contribution in [0.2, 0.25) is 0 Å². The van der Waals surface area contributed by atoms with Crippen LogP contribution in [0.25, 0.3) is 0 Å². The fourth-order valence-electron chi connectivity index (χ4n) is 1.99. The first-order valence-electron chi connectivity index (χ1n) is 6.52. The van der Waals surface area contributed by atoms with E-state index >= 15 is 0 Å². The minimum absolute atomic E-state index is 0.00156. The molecule has 0 aliphatic carbocycles. The molecular weight excluding hydrogens is 248 g/mol. The number of rotatable bonds is 6. The standard InChI is InChI=1S/C13H18N2O4/c1-2-3-4-18-9-12-6-13-10(8-19-12)5-11(7-14-13)15(16)17/h5,7,12H,2-4,6,8-9H2,1H3. The Labute approximate surface area is 111 Å². The van der Waals surface area contributed by atoms with Crippen LogP contribution in [0.5, 0.6) is 0 Å². The van der Waals surface area contributed by atoms with Gasteiger partial charge in [-0.15, -0.1) is 0 Å². The van der Waals surface area contributed by atoms with Crippen LogP contribution in [0.1, 0.15) is 31.0 Å². The fraction of sp³-hybridized carbons (Fsp3) is 0.615. The van der Waals surface area contributed by atoms with Gasteiger partial charge in [-0.1, -0.05) is 13.3 Å². The SMILES string of the molecule is CCCCOCC1Cc2ncc([N+](=O)[O-])cc2CO1. The molecule has 0 N–H and O–H groups in total. The van der Waals surface area contributed by atoms with Crippen LogP contribution in [0, 0.1) is 10.1 Å². The average molecular weight is 266 g/mol. The van der Waals surface area contributed by atoms with Gasteiger partial charge in [-0.25, -0.2) is 0 Å². The summed E-state index contributed by atoms with van der Waals surface area (Å²) in [4.78, 5) is 14.4. The zero-order chi connectivity index (χ0) is 13.7. The van der Waals surface area contributed by atoms with E-state index in [1.807, 2.05) is 0 Å². The maximum atomic E-state index is 10.7. The molecule has 0 radical (unpaired) electrons. The van der Waals surface area contributed by atoms with Gasteiger partial charge < -0.3 is 9.47 Å². The highest BCUT2D eigenvalue weighted by molar-refractivity contribution is 5.35. The molecule has 1 unspecified atom stereocenters. The Kier molecular flexibility index (Phi) is 4.81. The van der Waals surface area contributed by atoms with E-state index in [4.69, 9.17) is 9.47 Å². The number of hydrogen-bond acceptors (Lipinski definition) is 5. The molecule has 0 fully saturated rings. The number of unbranched alkanes of at least 4 members (excludes halogenated alkanes) is 1. The lowest BCUT2D eigenvalue weighted by Gasteiger charge is -2.24. The topological polar surface area (TPSA) is 74.5 Å². The van der Waals surface area contributed by atoms with Gasteiger partial charge in [0, 0.05) is 30.4 Å². The first-order valence-corrected chi connectivity index (χ1v) is 6.52. The molecule has 0 saturated heterocycles. The average Bonchev–Trinajstić information content (AvgIpc) is 2.43. The lowest BCUT2D eigenvalue weighted by atomic mass is 10.1. The van der Waals surface area contributed by atoms with Gasteiger partial charge in [0.25, 0.3) is 5.69 Å². The highest BCUT2D eigenvalue weighted by atomic mass is 16.6. The summed E-state index contributed by atoms with van der Waals surface area (Å²) in [6.45, 7) is 3.79. The number of aromatic nitrogens is 1. The molecule has 0 saturated carbocycles. The van der Waals surface area contributed by atoms with Crippen LogP contribution in [0.3, 0.4) is 0 Å². The zero-order valence-corrected chi connectivity index (χ0v) is 11.0. The Morgan fingerprint density at radius 2 is 2.47 bits per heavy atom. The maximum Gasteiger partial charge on any atom is 0.287 e. The predicted molar refractivity (Wildman–Crippen MR) is 68.9 cm³/mol. The Hall–Kier alpha value is -1.53. The van der Waals surface area contributed by atoms with Crippen LogP contribution in [0.15, 0.2) is 12.3 Å². The van der Waals surface area contributed by atoms with E-state index in [1.54, 1.807) is 0 Å². The first-order chi connectivity index (χ1) is 9.20. The van der Waals surface area contributed by atoms with Crippen molar-refractivity contribution in [3.63, 3.8) is 0 Å². The van der Waals surface area contributed by atoms with Crippen molar-refractivity contribution in [3.8, 4) is 0 Å². The largest absolute Gasteiger partial charge is 0.379 e. The van der Waals surface area contributed by atoms with Crippen LogP contribution >= 0.6 is 0 Å². The van der Waals surface area contributed by atoms with E-state index in [1.165, 1.54) is 12.3 Å². The number of pyridine rings is 1. The third kappa shape index (κ3) is 3.71. The number of ether oxygens (including phenoxy) is 2. The summed E-state index contributed by atoms with van der Waals surface area (Å²) in [5.41, 5.74) is 1.69. The van der Waals surface area contributed by atoms with E-state index in [0.717, 1.165) is 30.7 Å². The van der Waals surface area contributed by atoms with Crippen molar-refractivity contribution in [2.75, 3.05) is 13.2 Å². The van der Waals surface area contributed by atoms with E-state index < -0.39 is 4.92 Å². The normalized spacial score (nSPS) is 18.1. The van der Waals surface area contributed by atoms with Gasteiger partial charge in [0.15, 0.2) is 0 Å². The molecule has 1 aromatic heterocycles. The summed E-state index contributed by atoms with van der Waals surface area (Å²) in [7, 11) is 0. The zero-order valence-electron chi connectivity index (χ0n) is 11.0. The van der Waals surface area contributed by atoms with E-state index in [0.29, 0.717) is 19.6 Å². The van der Waals surface area contributed by atoms with Crippen molar-refractivity contribution in [1.82, 2.24) is 4.98 Å². The Morgan fingerprint density at radius 3 is 3.21 bits per heavy atom. The van der Waals surface area contributed by atoms with Gasteiger partial charge in [-0.3, -0.25) is 15.1 Å². The molecular formula is C13H18N2O4. The molecule has 0 spiro atoms. The van der Waals surface area contributed by atoms with Crippen molar-refractivity contribution in [3.05, 3.63) is 33.6 Å². The van der Waals surface area contributed by atoms with Gasteiger partial charge in [0.1, 0.15) is 6.20 Å². The smallest absolute Gasteiger partial charge is 0.287 e. The number of nitro groups is 1. The minimum atomic E-state index is -0.437. The molecule has 2 rings (SSSR count). The summed E-state index contributed by atoms with van der Waals surface area (Å²) >= 11 is 0. The molecule has 1 aromatic rings. The van der Waals surface area contributed by atoms with Crippen LogP contribution < -0.4 is 0 Å². The van der Waals surface area contributed by atoms with Crippen LogP contribution in [-0.2, 0) is 22.5 Å². The summed E-state index contributed by atoms with van der Waals surface area (Å²) in [6, 6.07) is 1.54. The Balaban J connectivity index is 1.91. The monoisotopic (exact) mass is 266 g/mol. The molecule has 0 aromatic carbocycles. The molecule has 1 atom stereocenters. The Bertz CT molecular complexity index is 450. The van der Waals surface area contributed by atoms with E-state index in [9.17, 15) is 10.1 Å². The molecule has 104 valence electrons. The summed E-state index contributed by atoms with van der Waals surface area (Å²) in [6.07, 6.45) is 4.12. The lowest BCUT2D eigenvalue weighted by Crippen LogP contribution is -2.28. The maximum absolute atomic E-state index is 10.7. The second kappa shape index (κ2) is 6.58. The molecule has 6 heteroatoms. The fourth-order valence-corrected chi connectivity index (χ4v) is 1.99. The quantitative estimate of drug-likeness (QED) is 0.448. The number of nitrogens with zero attached hydrogens (tertiary/aromatic N) is 2. The van der Waals surface area contributed by atoms with Crippen molar-refractivity contribution >= 4 is 5.69 Å². The first kappa shape index (κ1) is 13.9. The molecule has 1 aliphatic heterocycles. The molecule has 6 nitrogen and oxygen atoms in total. The lowest BCUT2D eigenvalue weighted by molar-refractivity contribution is -0.385. The second-order valence-corrected chi connectivity index (χ2v) is 4.62. The van der Waals surface area contributed by atoms with Crippen molar-refractivity contribution in [2.45, 2.75) is 38.9 Å². The minimum Gasteiger partial charge on any atom is -0.379 e. The van der Waals surface area contributed by atoms with Crippen molar-refractivity contribution in [1.29, 1.82) is 0 Å². The highest BCUT2D eigenvalue weighted by Gasteiger charge is 2.22. The molecule has 0 bridgehead atoms.